The first-order valence-electron chi connectivity index (χ1n) is 9.30. The Morgan fingerprint density at radius 2 is 1.96 bits per heavy atom. The SMILES string of the molecule is NC(=O)CN(Cc1ccccc1)c1cccc(NC(=O)C2CCCNC2)c1. The van der Waals surface area contributed by atoms with Gasteiger partial charge in [0.15, 0.2) is 0 Å². The summed E-state index contributed by atoms with van der Waals surface area (Å²) in [4.78, 5) is 25.9. The number of hydrogen-bond acceptors (Lipinski definition) is 4. The van der Waals surface area contributed by atoms with E-state index in [1.54, 1.807) is 0 Å². The number of carbonyl (C=O) groups is 2. The van der Waals surface area contributed by atoms with Crippen LogP contribution in [0, 0.1) is 5.92 Å². The Bertz CT molecular complexity index is 773. The average Bonchev–Trinajstić information content (AvgIpc) is 2.69. The maximum Gasteiger partial charge on any atom is 0.236 e. The predicted octanol–water partition coefficient (Wildman–Crippen LogP) is 2.12. The average molecular weight is 366 g/mol. The van der Waals surface area contributed by atoms with E-state index in [9.17, 15) is 9.59 Å². The zero-order valence-corrected chi connectivity index (χ0v) is 15.4. The number of nitrogens with one attached hydrogen (secondary N) is 2. The van der Waals surface area contributed by atoms with Gasteiger partial charge in [-0.1, -0.05) is 36.4 Å². The van der Waals surface area contributed by atoms with Crippen LogP contribution in [0.2, 0.25) is 0 Å². The van der Waals surface area contributed by atoms with Gasteiger partial charge in [-0.3, -0.25) is 9.59 Å². The van der Waals surface area contributed by atoms with Crippen molar-refractivity contribution in [3.63, 3.8) is 0 Å². The van der Waals surface area contributed by atoms with E-state index in [2.05, 4.69) is 10.6 Å². The summed E-state index contributed by atoms with van der Waals surface area (Å²) in [7, 11) is 0. The summed E-state index contributed by atoms with van der Waals surface area (Å²) in [6, 6.07) is 17.5. The van der Waals surface area contributed by atoms with Gasteiger partial charge in [-0.2, -0.15) is 0 Å². The fraction of sp³-hybridized carbons (Fsp3) is 0.333. The van der Waals surface area contributed by atoms with Crippen LogP contribution in [0.15, 0.2) is 54.6 Å². The molecule has 142 valence electrons. The van der Waals surface area contributed by atoms with E-state index >= 15 is 0 Å². The van der Waals surface area contributed by atoms with E-state index in [-0.39, 0.29) is 18.4 Å². The number of rotatable bonds is 7. The summed E-state index contributed by atoms with van der Waals surface area (Å²) in [6.45, 7) is 2.36. The molecule has 0 aromatic heterocycles. The van der Waals surface area contributed by atoms with Gasteiger partial charge >= 0.3 is 0 Å². The van der Waals surface area contributed by atoms with Gasteiger partial charge in [0.1, 0.15) is 0 Å². The van der Waals surface area contributed by atoms with Crippen molar-refractivity contribution >= 4 is 23.2 Å². The molecule has 1 unspecified atom stereocenters. The van der Waals surface area contributed by atoms with Crippen LogP contribution in [0.25, 0.3) is 0 Å². The molecule has 1 heterocycles. The number of nitrogens with two attached hydrogens (primary N) is 1. The lowest BCUT2D eigenvalue weighted by Crippen LogP contribution is -2.37. The molecule has 3 rings (SSSR count). The summed E-state index contributed by atoms with van der Waals surface area (Å²) < 4.78 is 0. The fourth-order valence-corrected chi connectivity index (χ4v) is 3.33. The van der Waals surface area contributed by atoms with Crippen molar-refractivity contribution in [1.82, 2.24) is 5.32 Å². The van der Waals surface area contributed by atoms with Gasteiger partial charge in [-0.15, -0.1) is 0 Å². The lowest BCUT2D eigenvalue weighted by Gasteiger charge is -2.25. The largest absolute Gasteiger partial charge is 0.368 e. The summed E-state index contributed by atoms with van der Waals surface area (Å²) in [5.74, 6) is -0.369. The number of piperidine rings is 1. The van der Waals surface area contributed by atoms with Crippen molar-refractivity contribution in [2.45, 2.75) is 19.4 Å². The van der Waals surface area contributed by atoms with Crippen LogP contribution in [-0.4, -0.2) is 31.4 Å². The van der Waals surface area contributed by atoms with Crippen LogP contribution in [0.4, 0.5) is 11.4 Å². The Labute approximate surface area is 159 Å². The molecule has 6 nitrogen and oxygen atoms in total. The van der Waals surface area contributed by atoms with E-state index in [0.717, 1.165) is 36.3 Å². The molecule has 2 amide bonds. The lowest BCUT2D eigenvalue weighted by molar-refractivity contribution is -0.120. The van der Waals surface area contributed by atoms with E-state index < -0.39 is 5.91 Å². The molecule has 0 aliphatic carbocycles. The number of hydrogen-bond donors (Lipinski definition) is 3. The molecule has 1 aliphatic rings. The molecule has 2 aromatic rings. The molecule has 27 heavy (non-hydrogen) atoms. The van der Waals surface area contributed by atoms with Gasteiger partial charge in [-0.25, -0.2) is 0 Å². The van der Waals surface area contributed by atoms with Crippen molar-refractivity contribution < 1.29 is 9.59 Å². The molecule has 1 fully saturated rings. The standard InChI is InChI=1S/C21H26N4O2/c22-20(26)15-25(14-16-6-2-1-3-7-16)19-10-4-9-18(12-19)24-21(27)17-8-5-11-23-13-17/h1-4,6-7,9-10,12,17,23H,5,8,11,13-15H2,(H2,22,26)(H,24,27). The van der Waals surface area contributed by atoms with Crippen molar-refractivity contribution in [3.05, 3.63) is 60.2 Å². The predicted molar refractivity (Wildman–Crippen MR) is 107 cm³/mol. The second-order valence-corrected chi connectivity index (χ2v) is 6.89. The van der Waals surface area contributed by atoms with E-state index in [4.69, 9.17) is 5.73 Å². The summed E-state index contributed by atoms with van der Waals surface area (Å²) >= 11 is 0. The highest BCUT2D eigenvalue weighted by atomic mass is 16.2. The summed E-state index contributed by atoms with van der Waals surface area (Å²) in [6.07, 6.45) is 1.92. The number of nitrogens with zero attached hydrogens (tertiary/aromatic N) is 1. The highest BCUT2D eigenvalue weighted by Crippen LogP contribution is 2.22. The molecule has 0 spiro atoms. The van der Waals surface area contributed by atoms with Gasteiger partial charge in [-0.05, 0) is 43.1 Å². The molecule has 1 atom stereocenters. The first-order chi connectivity index (χ1) is 13.1. The van der Waals surface area contributed by atoms with Crippen LogP contribution in [0.3, 0.4) is 0 Å². The minimum absolute atomic E-state index is 0.00607. The first-order valence-corrected chi connectivity index (χ1v) is 9.30. The van der Waals surface area contributed by atoms with Crippen LogP contribution in [0.5, 0.6) is 0 Å². The molecule has 1 saturated heterocycles. The monoisotopic (exact) mass is 366 g/mol. The van der Waals surface area contributed by atoms with Crippen LogP contribution in [-0.2, 0) is 16.1 Å². The summed E-state index contributed by atoms with van der Waals surface area (Å²) in [5.41, 5.74) is 8.10. The second kappa shape index (κ2) is 9.19. The molecular weight excluding hydrogens is 340 g/mol. The highest BCUT2D eigenvalue weighted by molar-refractivity contribution is 5.93. The molecule has 1 aliphatic heterocycles. The quantitative estimate of drug-likeness (QED) is 0.700. The van der Waals surface area contributed by atoms with Gasteiger partial charge in [0.25, 0.3) is 0 Å². The minimum atomic E-state index is -0.395. The Hall–Kier alpha value is -2.86. The zero-order valence-electron chi connectivity index (χ0n) is 15.4. The minimum Gasteiger partial charge on any atom is -0.368 e. The van der Waals surface area contributed by atoms with Gasteiger partial charge in [0.05, 0.1) is 12.5 Å². The third-order valence-electron chi connectivity index (χ3n) is 4.71. The van der Waals surface area contributed by atoms with E-state index in [1.165, 1.54) is 0 Å². The van der Waals surface area contributed by atoms with Gasteiger partial charge in [0, 0.05) is 24.5 Å². The van der Waals surface area contributed by atoms with E-state index in [1.807, 2.05) is 59.5 Å². The normalized spacial score (nSPS) is 16.5. The molecular formula is C21H26N4O2. The van der Waals surface area contributed by atoms with Gasteiger partial charge in [0.2, 0.25) is 11.8 Å². The number of benzene rings is 2. The first kappa shape index (κ1) is 18.9. The molecule has 2 aromatic carbocycles. The number of carbonyl (C=O) groups excluding carboxylic acids is 2. The van der Waals surface area contributed by atoms with Gasteiger partial charge < -0.3 is 21.3 Å². The van der Waals surface area contributed by atoms with Crippen molar-refractivity contribution in [2.75, 3.05) is 29.9 Å². The smallest absolute Gasteiger partial charge is 0.236 e. The van der Waals surface area contributed by atoms with Crippen molar-refractivity contribution in [1.29, 1.82) is 0 Å². The third-order valence-corrected chi connectivity index (χ3v) is 4.71. The molecule has 0 radical (unpaired) electrons. The molecule has 6 heteroatoms. The molecule has 0 saturated carbocycles. The Balaban J connectivity index is 1.73. The Kier molecular flexibility index (Phi) is 6.44. The van der Waals surface area contributed by atoms with Crippen molar-refractivity contribution in [2.24, 2.45) is 11.7 Å². The second-order valence-electron chi connectivity index (χ2n) is 6.89. The molecule has 4 N–H and O–H groups in total. The Morgan fingerprint density at radius 3 is 2.67 bits per heavy atom. The highest BCUT2D eigenvalue weighted by Gasteiger charge is 2.21. The molecule has 0 bridgehead atoms. The van der Waals surface area contributed by atoms with Crippen LogP contribution >= 0.6 is 0 Å². The number of anilines is 2. The maximum atomic E-state index is 12.5. The number of amides is 2. The lowest BCUT2D eigenvalue weighted by atomic mass is 9.99. The van der Waals surface area contributed by atoms with E-state index in [0.29, 0.717) is 13.1 Å². The third kappa shape index (κ3) is 5.56. The Morgan fingerprint density at radius 1 is 1.15 bits per heavy atom. The summed E-state index contributed by atoms with van der Waals surface area (Å²) in [5, 5.41) is 6.26. The topological polar surface area (TPSA) is 87.5 Å². The van der Waals surface area contributed by atoms with Crippen LogP contribution < -0.4 is 21.3 Å². The fourth-order valence-electron chi connectivity index (χ4n) is 3.33. The maximum absolute atomic E-state index is 12.5. The van der Waals surface area contributed by atoms with Crippen molar-refractivity contribution in [3.8, 4) is 0 Å². The van der Waals surface area contributed by atoms with Crippen LogP contribution in [0.1, 0.15) is 18.4 Å². The zero-order chi connectivity index (χ0) is 19.1. The number of primary amides is 1.